The van der Waals surface area contributed by atoms with Crippen molar-refractivity contribution in [3.8, 4) is 0 Å². The van der Waals surface area contributed by atoms with E-state index in [1.165, 1.54) is 7.11 Å². The number of ether oxygens (including phenoxy) is 1. The number of methoxy groups -OCH3 is 1. The molecule has 0 fully saturated rings. The van der Waals surface area contributed by atoms with Crippen molar-refractivity contribution in [1.29, 1.82) is 0 Å². The van der Waals surface area contributed by atoms with E-state index in [4.69, 9.17) is 15.1 Å². The number of hydrogen-bond acceptors (Lipinski definition) is 4. The van der Waals surface area contributed by atoms with E-state index in [2.05, 4.69) is 11.8 Å². The summed E-state index contributed by atoms with van der Waals surface area (Å²) in [5.74, 6) is 0. The minimum atomic E-state index is -2.17. The Labute approximate surface area is 91.5 Å². The Morgan fingerprint density at radius 2 is 1.38 bits per heavy atom. The van der Waals surface area contributed by atoms with Crippen molar-refractivity contribution in [2.24, 2.45) is 0 Å². The second kappa shape index (κ2) is 15.8. The molecule has 0 saturated heterocycles. The summed E-state index contributed by atoms with van der Waals surface area (Å²) in [6.07, 6.45) is 0. The van der Waals surface area contributed by atoms with Crippen LogP contribution in [0.2, 0.25) is 0 Å². The third kappa shape index (κ3) is 136. The van der Waals surface area contributed by atoms with Gasteiger partial charge in [-0.1, -0.05) is 0 Å². The number of hydrogen-bond donors (Lipinski definition) is 3. The second-order valence-electron chi connectivity index (χ2n) is 0.635. The summed E-state index contributed by atoms with van der Waals surface area (Å²) in [6.45, 7) is 0. The van der Waals surface area contributed by atoms with Crippen LogP contribution in [0.5, 0.6) is 0 Å². The molecule has 0 atom stereocenters. The third-order valence-corrected chi connectivity index (χ3v) is 0. The van der Waals surface area contributed by atoms with Crippen molar-refractivity contribution in [2.75, 3.05) is 7.11 Å². The molecule has 44 valence electrons. The van der Waals surface area contributed by atoms with Crippen molar-refractivity contribution < 1.29 is 71.2 Å². The molecule has 0 aliphatic carbocycles. The molecule has 0 aliphatic rings. The van der Waals surface area contributed by atoms with Crippen LogP contribution >= 0.6 is 0 Å². The van der Waals surface area contributed by atoms with Crippen LogP contribution < -0.4 is 51.4 Å². The first-order chi connectivity index (χ1) is 3.15. The van der Waals surface area contributed by atoms with E-state index in [0.717, 1.165) is 0 Å². The third-order valence-electron chi connectivity index (χ3n) is 0. The van der Waals surface area contributed by atoms with Gasteiger partial charge in [-0.15, -0.1) is 0 Å². The average molecular weight is 146 g/mol. The molecule has 0 aromatic rings. The van der Waals surface area contributed by atoms with E-state index in [0.29, 0.717) is 0 Å². The van der Waals surface area contributed by atoms with Gasteiger partial charge in [0, 0.05) is 0 Å². The van der Waals surface area contributed by atoms with E-state index in [1.54, 1.807) is 0 Å². The van der Waals surface area contributed by atoms with Gasteiger partial charge >= 0.3 is 58.7 Å². The molecule has 0 saturated carbocycles. The van der Waals surface area contributed by atoms with Gasteiger partial charge in [-0.3, -0.25) is 0 Å². The van der Waals surface area contributed by atoms with Gasteiger partial charge in [-0.25, -0.2) is 7.11 Å². The monoisotopic (exact) mass is 146 g/mol. The van der Waals surface area contributed by atoms with Gasteiger partial charge in [0.15, 0.2) is 0 Å². The Morgan fingerprint density at radius 1 is 1.38 bits per heavy atom. The van der Waals surface area contributed by atoms with Gasteiger partial charge < -0.3 is 19.8 Å². The fraction of sp³-hybridized carbons (Fsp3) is 0.500. The molecule has 0 unspecified atom stereocenters. The zero-order chi connectivity index (χ0) is 6.28. The first-order valence-electron chi connectivity index (χ1n) is 1.47. The van der Waals surface area contributed by atoms with Crippen molar-refractivity contribution in [3.63, 3.8) is 0 Å². The Balaban J connectivity index is -0.0000000575. The summed E-state index contributed by atoms with van der Waals surface area (Å²) >= 11 is 0. The Bertz CT molecular complexity index is 25.2. The van der Waals surface area contributed by atoms with E-state index < -0.39 is 7.32 Å². The summed E-state index contributed by atoms with van der Waals surface area (Å²) in [5.41, 5.74) is 0. The molecule has 6 heteroatoms. The van der Waals surface area contributed by atoms with Crippen molar-refractivity contribution in [3.05, 3.63) is 7.11 Å². The van der Waals surface area contributed by atoms with E-state index in [9.17, 15) is 0 Å². The van der Waals surface area contributed by atoms with Crippen LogP contribution in [0.4, 0.5) is 0 Å². The van der Waals surface area contributed by atoms with E-state index >= 15 is 0 Å². The first kappa shape index (κ1) is 16.3. The Kier molecular flexibility index (Phi) is 32.2. The minimum absolute atomic E-state index is 0. The van der Waals surface area contributed by atoms with Gasteiger partial charge in [0.05, 0.1) is 0 Å². The van der Waals surface area contributed by atoms with Crippen LogP contribution in [0, 0.1) is 7.11 Å². The molecule has 0 amide bonds. The van der Waals surface area contributed by atoms with Crippen LogP contribution in [-0.2, 0) is 4.74 Å². The molecule has 3 N–H and O–H groups in total. The number of rotatable bonds is 0. The predicted molar refractivity (Wildman–Crippen MR) is 24.8 cm³/mol. The smallest absolute Gasteiger partial charge is 0.557 e. The maximum atomic E-state index is 7.17. The van der Waals surface area contributed by atoms with E-state index in [-0.39, 0.29) is 51.4 Å². The van der Waals surface area contributed by atoms with Crippen LogP contribution in [0.25, 0.3) is 0 Å². The van der Waals surface area contributed by atoms with Crippen LogP contribution in [-0.4, -0.2) is 29.5 Å². The van der Waals surface area contributed by atoms with Crippen molar-refractivity contribution in [2.45, 2.75) is 0 Å². The van der Waals surface area contributed by atoms with Crippen molar-refractivity contribution in [1.82, 2.24) is 0 Å². The molecule has 0 aromatic heterocycles. The molecule has 8 heavy (non-hydrogen) atoms. The topological polar surface area (TPSA) is 69.9 Å². The summed E-state index contributed by atoms with van der Waals surface area (Å²) in [7, 11) is 2.33. The van der Waals surface area contributed by atoms with Gasteiger partial charge in [-0.05, 0) is 7.11 Å². The van der Waals surface area contributed by atoms with Crippen molar-refractivity contribution >= 4 is 7.32 Å². The molecule has 0 spiro atoms. The maximum absolute atomic E-state index is 7.17. The standard InChI is InChI=1S/C2H5O.BH3O3.K/c1-3-2;2-1(3)4;/h1H2,2H3;2-4H;/q-1;;+1. The summed E-state index contributed by atoms with van der Waals surface area (Å²) in [4.78, 5) is 0. The molecule has 0 heterocycles. The largest absolute Gasteiger partial charge is 1.00 e. The molecule has 0 rings (SSSR count). The fourth-order valence-electron chi connectivity index (χ4n) is 0. The molecule has 0 aromatic carbocycles. The first-order valence-corrected chi connectivity index (χ1v) is 1.47. The SMILES string of the molecule is OB(O)O.[CH2-]OC.[K+]. The zero-order valence-electron chi connectivity index (χ0n) is 5.03. The van der Waals surface area contributed by atoms with Gasteiger partial charge in [0.25, 0.3) is 0 Å². The Morgan fingerprint density at radius 3 is 1.38 bits per heavy atom. The second-order valence-corrected chi connectivity index (χ2v) is 0.635. The Hall–Kier alpha value is 1.54. The predicted octanol–water partition coefficient (Wildman–Crippen LogP) is -4.62. The molecular formula is C2H8BKO4. The summed E-state index contributed by atoms with van der Waals surface area (Å²) in [5, 5.41) is 21.5. The van der Waals surface area contributed by atoms with Gasteiger partial charge in [-0.2, -0.15) is 0 Å². The van der Waals surface area contributed by atoms with Gasteiger partial charge in [0.2, 0.25) is 0 Å². The van der Waals surface area contributed by atoms with Crippen LogP contribution in [0.3, 0.4) is 0 Å². The maximum Gasteiger partial charge on any atom is 1.00 e. The fourth-order valence-corrected chi connectivity index (χ4v) is 0. The molecule has 4 nitrogen and oxygen atoms in total. The molecule has 0 aliphatic heterocycles. The van der Waals surface area contributed by atoms with E-state index in [1.807, 2.05) is 0 Å². The summed E-state index contributed by atoms with van der Waals surface area (Å²) < 4.78 is 4.00. The molecular weight excluding hydrogens is 138 g/mol. The normalized spacial score (nSPS) is 5.62. The van der Waals surface area contributed by atoms with Gasteiger partial charge in [0.1, 0.15) is 0 Å². The molecule has 0 radical (unpaired) electrons. The quantitative estimate of drug-likeness (QED) is 0.237. The summed E-state index contributed by atoms with van der Waals surface area (Å²) in [6, 6.07) is 0. The average Bonchev–Trinajstić information content (AvgIpc) is 1.33. The minimum Gasteiger partial charge on any atom is -0.557 e. The molecule has 0 bridgehead atoms. The van der Waals surface area contributed by atoms with Crippen LogP contribution in [0.15, 0.2) is 0 Å². The zero-order valence-corrected chi connectivity index (χ0v) is 8.16. The van der Waals surface area contributed by atoms with Crippen LogP contribution in [0.1, 0.15) is 0 Å².